The molecule has 0 spiro atoms. The van der Waals surface area contributed by atoms with Crippen molar-refractivity contribution < 1.29 is 8.91 Å². The van der Waals surface area contributed by atoms with Gasteiger partial charge in [-0.15, -0.1) is 0 Å². The largest absolute Gasteiger partial charge is 0.337 e. The highest BCUT2D eigenvalue weighted by Gasteiger charge is 2.16. The topological polar surface area (TPSA) is 64.9 Å². The van der Waals surface area contributed by atoms with Crippen molar-refractivity contribution in [3.8, 4) is 11.4 Å². The van der Waals surface area contributed by atoms with E-state index in [1.165, 1.54) is 12.1 Å². The van der Waals surface area contributed by atoms with Gasteiger partial charge in [0.05, 0.1) is 6.04 Å². The van der Waals surface area contributed by atoms with E-state index in [1.807, 2.05) is 6.92 Å². The molecule has 0 aliphatic heterocycles. The number of hydrogen-bond acceptors (Lipinski definition) is 4. The molecule has 2 rings (SSSR count). The zero-order valence-corrected chi connectivity index (χ0v) is 11.2. The Labute approximate surface area is 111 Å². The number of halogens is 1. The minimum Gasteiger partial charge on any atom is -0.337 e. The molecule has 0 fully saturated rings. The van der Waals surface area contributed by atoms with E-state index < -0.39 is 0 Å². The third-order valence-electron chi connectivity index (χ3n) is 3.06. The van der Waals surface area contributed by atoms with Crippen molar-refractivity contribution in [3.05, 3.63) is 35.5 Å². The maximum absolute atomic E-state index is 13.1. The van der Waals surface area contributed by atoms with E-state index in [1.54, 1.807) is 6.07 Å². The molecule has 0 radical (unpaired) electrons. The summed E-state index contributed by atoms with van der Waals surface area (Å²) < 4.78 is 18.2. The molecule has 19 heavy (non-hydrogen) atoms. The Balaban J connectivity index is 2.20. The molecule has 4 nitrogen and oxygen atoms in total. The summed E-state index contributed by atoms with van der Waals surface area (Å²) in [6, 6.07) is 4.25. The van der Waals surface area contributed by atoms with E-state index in [9.17, 15) is 4.39 Å². The summed E-state index contributed by atoms with van der Waals surface area (Å²) in [6.45, 7) is 3.92. The molecule has 1 unspecified atom stereocenters. The maximum Gasteiger partial charge on any atom is 0.243 e. The predicted octanol–water partition coefficient (Wildman–Crippen LogP) is 3.37. The maximum atomic E-state index is 13.1. The molecule has 1 atom stereocenters. The van der Waals surface area contributed by atoms with Crippen molar-refractivity contribution in [2.45, 2.75) is 39.2 Å². The number of aromatic nitrogens is 2. The summed E-state index contributed by atoms with van der Waals surface area (Å²) in [5, 5.41) is 3.92. The van der Waals surface area contributed by atoms with Crippen LogP contribution in [0.1, 0.15) is 43.7 Å². The molecule has 0 amide bonds. The highest BCUT2D eigenvalue weighted by molar-refractivity contribution is 5.59. The van der Waals surface area contributed by atoms with E-state index in [2.05, 4.69) is 17.1 Å². The average molecular weight is 263 g/mol. The molecule has 1 heterocycles. The van der Waals surface area contributed by atoms with Crippen LogP contribution in [0, 0.1) is 12.7 Å². The average Bonchev–Trinajstić information content (AvgIpc) is 2.85. The van der Waals surface area contributed by atoms with Gasteiger partial charge in [-0.3, -0.25) is 0 Å². The van der Waals surface area contributed by atoms with E-state index >= 15 is 0 Å². The highest BCUT2D eigenvalue weighted by atomic mass is 19.1. The van der Waals surface area contributed by atoms with Crippen molar-refractivity contribution in [2.75, 3.05) is 0 Å². The Bertz CT molecular complexity index is 553. The predicted molar refractivity (Wildman–Crippen MR) is 70.9 cm³/mol. The van der Waals surface area contributed by atoms with E-state index in [-0.39, 0.29) is 11.9 Å². The Morgan fingerprint density at radius 2 is 2.21 bits per heavy atom. The smallest absolute Gasteiger partial charge is 0.243 e. The van der Waals surface area contributed by atoms with Crippen LogP contribution in [0.5, 0.6) is 0 Å². The van der Waals surface area contributed by atoms with Crippen molar-refractivity contribution in [1.82, 2.24) is 10.1 Å². The van der Waals surface area contributed by atoms with Crippen LogP contribution in [-0.4, -0.2) is 10.1 Å². The second-order valence-electron chi connectivity index (χ2n) is 4.66. The summed E-state index contributed by atoms with van der Waals surface area (Å²) in [5.41, 5.74) is 7.51. The summed E-state index contributed by atoms with van der Waals surface area (Å²) in [7, 11) is 0. The van der Waals surface area contributed by atoms with Gasteiger partial charge in [0.25, 0.3) is 0 Å². The van der Waals surface area contributed by atoms with Crippen molar-refractivity contribution in [2.24, 2.45) is 5.73 Å². The van der Waals surface area contributed by atoms with Gasteiger partial charge in [0.1, 0.15) is 5.82 Å². The van der Waals surface area contributed by atoms with Crippen LogP contribution in [0.2, 0.25) is 0 Å². The Kier molecular flexibility index (Phi) is 4.27. The summed E-state index contributed by atoms with van der Waals surface area (Å²) in [6.07, 6.45) is 2.92. The summed E-state index contributed by atoms with van der Waals surface area (Å²) >= 11 is 0. The molecule has 0 bridgehead atoms. The minimum absolute atomic E-state index is 0.234. The lowest BCUT2D eigenvalue weighted by molar-refractivity contribution is 0.346. The van der Waals surface area contributed by atoms with Gasteiger partial charge in [0.2, 0.25) is 11.7 Å². The standard InChI is InChI=1S/C14H18FN3O/c1-3-4-5-12(16)14-17-13(18-19-14)11-7-6-10(15)8-9(11)2/h6-8,12H,3-5,16H2,1-2H3. The van der Waals surface area contributed by atoms with Gasteiger partial charge < -0.3 is 10.3 Å². The Morgan fingerprint density at radius 1 is 1.42 bits per heavy atom. The quantitative estimate of drug-likeness (QED) is 0.898. The van der Waals surface area contributed by atoms with Crippen LogP contribution in [0.25, 0.3) is 11.4 Å². The third kappa shape index (κ3) is 3.17. The first-order valence-corrected chi connectivity index (χ1v) is 6.47. The van der Waals surface area contributed by atoms with Gasteiger partial charge in [-0.1, -0.05) is 24.9 Å². The molecule has 2 N–H and O–H groups in total. The van der Waals surface area contributed by atoms with Gasteiger partial charge in [-0.25, -0.2) is 4.39 Å². The molecule has 1 aromatic carbocycles. The molecule has 102 valence electrons. The first-order chi connectivity index (χ1) is 9.11. The van der Waals surface area contributed by atoms with E-state index in [0.717, 1.165) is 30.4 Å². The number of nitrogens with two attached hydrogens (primary N) is 1. The highest BCUT2D eigenvalue weighted by Crippen LogP contribution is 2.23. The third-order valence-corrected chi connectivity index (χ3v) is 3.06. The van der Waals surface area contributed by atoms with Crippen LogP contribution >= 0.6 is 0 Å². The first-order valence-electron chi connectivity index (χ1n) is 6.47. The SMILES string of the molecule is CCCCC(N)c1nc(-c2ccc(F)cc2C)no1. The summed E-state index contributed by atoms with van der Waals surface area (Å²) in [5.74, 6) is 0.622. The molecule has 0 aliphatic carbocycles. The molecule has 5 heteroatoms. The summed E-state index contributed by atoms with van der Waals surface area (Å²) in [4.78, 5) is 4.30. The van der Waals surface area contributed by atoms with Crippen LogP contribution in [0.3, 0.4) is 0 Å². The normalized spacial score (nSPS) is 12.6. The molecule has 2 aromatic rings. The van der Waals surface area contributed by atoms with Crippen LogP contribution in [0.15, 0.2) is 22.7 Å². The lowest BCUT2D eigenvalue weighted by Crippen LogP contribution is -2.10. The monoisotopic (exact) mass is 263 g/mol. The van der Waals surface area contributed by atoms with Crippen molar-refractivity contribution in [3.63, 3.8) is 0 Å². The van der Waals surface area contributed by atoms with E-state index in [0.29, 0.717) is 11.7 Å². The van der Waals surface area contributed by atoms with Crippen LogP contribution in [0.4, 0.5) is 4.39 Å². The van der Waals surface area contributed by atoms with Crippen LogP contribution in [-0.2, 0) is 0 Å². The molecular formula is C14H18FN3O. The molecule has 0 aliphatic rings. The van der Waals surface area contributed by atoms with Gasteiger partial charge >= 0.3 is 0 Å². The zero-order valence-electron chi connectivity index (χ0n) is 11.2. The lowest BCUT2D eigenvalue weighted by atomic mass is 10.1. The Morgan fingerprint density at radius 3 is 2.89 bits per heavy atom. The fourth-order valence-electron chi connectivity index (χ4n) is 1.92. The number of benzene rings is 1. The molecule has 1 aromatic heterocycles. The second-order valence-corrected chi connectivity index (χ2v) is 4.66. The number of rotatable bonds is 5. The molecule has 0 saturated heterocycles. The Hall–Kier alpha value is -1.75. The van der Waals surface area contributed by atoms with E-state index in [4.69, 9.17) is 10.3 Å². The fourth-order valence-corrected chi connectivity index (χ4v) is 1.92. The molecular weight excluding hydrogens is 245 g/mol. The van der Waals surface area contributed by atoms with Gasteiger partial charge in [-0.05, 0) is 37.1 Å². The number of unbranched alkanes of at least 4 members (excludes halogenated alkanes) is 1. The van der Waals surface area contributed by atoms with Gasteiger partial charge in [-0.2, -0.15) is 4.98 Å². The van der Waals surface area contributed by atoms with Gasteiger partial charge in [0.15, 0.2) is 0 Å². The molecule has 0 saturated carbocycles. The number of aryl methyl sites for hydroxylation is 1. The van der Waals surface area contributed by atoms with Crippen molar-refractivity contribution in [1.29, 1.82) is 0 Å². The van der Waals surface area contributed by atoms with Crippen LogP contribution < -0.4 is 5.73 Å². The van der Waals surface area contributed by atoms with Gasteiger partial charge in [0, 0.05) is 5.56 Å². The second kappa shape index (κ2) is 5.93. The van der Waals surface area contributed by atoms with Crippen molar-refractivity contribution >= 4 is 0 Å². The fraction of sp³-hybridized carbons (Fsp3) is 0.429. The number of nitrogens with zero attached hydrogens (tertiary/aromatic N) is 2. The first kappa shape index (κ1) is 13.7. The number of hydrogen-bond donors (Lipinski definition) is 1. The zero-order chi connectivity index (χ0) is 13.8. The lowest BCUT2D eigenvalue weighted by Gasteiger charge is -2.04. The minimum atomic E-state index is -0.274.